The number of hydrogen-bond acceptors (Lipinski definition) is 2. The number of H-pyrrole nitrogens is 1. The van der Waals surface area contributed by atoms with Gasteiger partial charge in [-0.2, -0.15) is 0 Å². The Bertz CT molecular complexity index is 688. The molecule has 1 aromatic carbocycles. The average Bonchev–Trinajstić information content (AvgIpc) is 2.94. The number of rotatable bonds is 5. The first kappa shape index (κ1) is 16.1. The van der Waals surface area contributed by atoms with Crippen LogP contribution in [0.25, 0.3) is 10.9 Å². The van der Waals surface area contributed by atoms with Crippen LogP contribution in [0.4, 0.5) is 0 Å². The maximum atomic E-state index is 12.4. The highest BCUT2D eigenvalue weighted by Gasteiger charge is 2.34. The normalized spacial score (nSPS) is 11.5. The molecule has 0 aliphatic carbocycles. The Hall–Kier alpha value is -2.30. The van der Waals surface area contributed by atoms with Gasteiger partial charge >= 0.3 is 0 Å². The molecule has 2 aromatic rings. The summed E-state index contributed by atoms with van der Waals surface area (Å²) in [7, 11) is 3.25. The van der Waals surface area contributed by atoms with Crippen LogP contribution in [0.5, 0.6) is 0 Å². The summed E-state index contributed by atoms with van der Waals surface area (Å²) < 4.78 is 0. The van der Waals surface area contributed by atoms with Crippen LogP contribution in [0.15, 0.2) is 30.5 Å². The number of benzene rings is 1. The number of nitrogens with zero attached hydrogens (tertiary/aromatic N) is 1. The highest BCUT2D eigenvalue weighted by molar-refractivity contribution is 5.90. The van der Waals surface area contributed by atoms with Crippen LogP contribution in [0.1, 0.15) is 25.8 Å². The largest absolute Gasteiger partial charge is 0.361 e. The van der Waals surface area contributed by atoms with Crippen LogP contribution >= 0.6 is 0 Å². The van der Waals surface area contributed by atoms with E-state index in [4.69, 9.17) is 0 Å². The summed E-state index contributed by atoms with van der Waals surface area (Å²) >= 11 is 0. The Morgan fingerprint density at radius 1 is 1.27 bits per heavy atom. The summed E-state index contributed by atoms with van der Waals surface area (Å²) in [5.41, 5.74) is 1.34. The van der Waals surface area contributed by atoms with Crippen LogP contribution in [-0.2, 0) is 16.0 Å². The van der Waals surface area contributed by atoms with Crippen LogP contribution in [-0.4, -0.2) is 41.3 Å². The van der Waals surface area contributed by atoms with Crippen molar-refractivity contribution >= 4 is 22.7 Å². The Balaban J connectivity index is 2.05. The fraction of sp³-hybridized carbons (Fsp3) is 0.412. The molecule has 2 N–H and O–H groups in total. The number of carbonyl (C=O) groups excluding carboxylic acids is 2. The second-order valence-corrected chi connectivity index (χ2v) is 5.95. The van der Waals surface area contributed by atoms with Gasteiger partial charge in [-0.1, -0.05) is 18.2 Å². The quantitative estimate of drug-likeness (QED) is 0.888. The summed E-state index contributed by atoms with van der Waals surface area (Å²) in [5.74, 6) is -0.214. The van der Waals surface area contributed by atoms with Gasteiger partial charge in [-0.25, -0.2) is 0 Å². The number of para-hydroxylation sites is 1. The monoisotopic (exact) mass is 301 g/mol. The maximum Gasteiger partial charge on any atom is 0.245 e. The molecule has 0 aliphatic heterocycles. The van der Waals surface area contributed by atoms with Crippen molar-refractivity contribution < 1.29 is 9.59 Å². The number of nitrogens with one attached hydrogen (secondary N) is 2. The van der Waals surface area contributed by atoms with Crippen LogP contribution in [0.3, 0.4) is 0 Å². The number of aromatic amines is 1. The van der Waals surface area contributed by atoms with E-state index in [1.54, 1.807) is 27.9 Å². The van der Waals surface area contributed by atoms with Gasteiger partial charge in [-0.3, -0.25) is 9.59 Å². The Morgan fingerprint density at radius 2 is 1.95 bits per heavy atom. The molecular weight excluding hydrogens is 278 g/mol. The second-order valence-electron chi connectivity index (χ2n) is 5.95. The molecule has 0 radical (unpaired) electrons. The number of amides is 2. The molecular formula is C17H23N3O2. The van der Waals surface area contributed by atoms with E-state index < -0.39 is 5.54 Å². The molecule has 1 aromatic heterocycles. The molecule has 0 unspecified atom stereocenters. The van der Waals surface area contributed by atoms with Gasteiger partial charge in [0.2, 0.25) is 11.8 Å². The van der Waals surface area contributed by atoms with Crippen LogP contribution in [0.2, 0.25) is 0 Å². The molecule has 0 fully saturated rings. The lowest BCUT2D eigenvalue weighted by Crippen LogP contribution is -2.54. The Labute approximate surface area is 130 Å². The molecule has 22 heavy (non-hydrogen) atoms. The van der Waals surface area contributed by atoms with E-state index in [-0.39, 0.29) is 11.8 Å². The third-order valence-corrected chi connectivity index (χ3v) is 4.28. The molecule has 0 spiro atoms. The topological polar surface area (TPSA) is 65.2 Å². The number of hydrogen-bond donors (Lipinski definition) is 2. The van der Waals surface area contributed by atoms with E-state index in [1.165, 1.54) is 4.90 Å². The number of aryl methyl sites for hydroxylation is 1. The minimum Gasteiger partial charge on any atom is -0.361 e. The fourth-order valence-electron chi connectivity index (χ4n) is 2.52. The predicted octanol–water partition coefficient (Wildman–Crippen LogP) is 2.08. The van der Waals surface area contributed by atoms with Crippen molar-refractivity contribution in [3.63, 3.8) is 0 Å². The average molecular weight is 301 g/mol. The molecule has 0 saturated carbocycles. The van der Waals surface area contributed by atoms with Crippen molar-refractivity contribution in [3.8, 4) is 0 Å². The van der Waals surface area contributed by atoms with Crippen LogP contribution < -0.4 is 5.32 Å². The van der Waals surface area contributed by atoms with Crippen LogP contribution in [0, 0.1) is 0 Å². The third-order valence-electron chi connectivity index (χ3n) is 4.28. The van der Waals surface area contributed by atoms with Gasteiger partial charge in [-0.05, 0) is 31.9 Å². The smallest absolute Gasteiger partial charge is 0.245 e. The van der Waals surface area contributed by atoms with E-state index in [0.717, 1.165) is 16.5 Å². The summed E-state index contributed by atoms with van der Waals surface area (Å²) in [4.78, 5) is 29.0. The van der Waals surface area contributed by atoms with Gasteiger partial charge in [0.25, 0.3) is 0 Å². The van der Waals surface area contributed by atoms with Crippen molar-refractivity contribution in [1.82, 2.24) is 15.2 Å². The fourth-order valence-corrected chi connectivity index (χ4v) is 2.52. The van der Waals surface area contributed by atoms with Gasteiger partial charge in [-0.15, -0.1) is 0 Å². The minimum absolute atomic E-state index is 0.0427. The minimum atomic E-state index is -0.855. The summed E-state index contributed by atoms with van der Waals surface area (Å²) in [6, 6.07) is 8.03. The van der Waals surface area contributed by atoms with E-state index in [1.807, 2.05) is 30.5 Å². The molecule has 2 rings (SSSR count). The van der Waals surface area contributed by atoms with Gasteiger partial charge in [0.05, 0.1) is 0 Å². The van der Waals surface area contributed by atoms with Gasteiger partial charge in [0.15, 0.2) is 0 Å². The van der Waals surface area contributed by atoms with E-state index in [0.29, 0.717) is 12.8 Å². The van der Waals surface area contributed by atoms with Crippen molar-refractivity contribution in [2.45, 2.75) is 32.2 Å². The lowest BCUT2D eigenvalue weighted by molar-refractivity contribution is -0.143. The SMILES string of the molecule is CNC(=O)C(C)(C)N(C)C(=O)CCc1c[nH]c2ccccc12. The predicted molar refractivity (Wildman–Crippen MR) is 87.5 cm³/mol. The first-order valence-corrected chi connectivity index (χ1v) is 7.41. The summed E-state index contributed by atoms with van der Waals surface area (Å²) in [5, 5.41) is 3.74. The van der Waals surface area contributed by atoms with E-state index in [9.17, 15) is 9.59 Å². The first-order chi connectivity index (χ1) is 10.4. The zero-order chi connectivity index (χ0) is 16.3. The summed E-state index contributed by atoms with van der Waals surface area (Å²) in [6.07, 6.45) is 2.97. The highest BCUT2D eigenvalue weighted by Crippen LogP contribution is 2.20. The van der Waals surface area contributed by atoms with Crippen molar-refractivity contribution in [2.24, 2.45) is 0 Å². The molecule has 0 aliphatic rings. The standard InChI is InChI=1S/C17H23N3O2/c1-17(2,16(22)18-3)20(4)15(21)10-9-12-11-19-14-8-6-5-7-13(12)14/h5-8,11,19H,9-10H2,1-4H3,(H,18,22). The molecule has 0 atom stereocenters. The molecule has 118 valence electrons. The zero-order valence-corrected chi connectivity index (χ0v) is 13.6. The molecule has 1 heterocycles. The molecule has 0 saturated heterocycles. The summed E-state index contributed by atoms with van der Waals surface area (Å²) in [6.45, 7) is 3.49. The van der Waals surface area contributed by atoms with Crippen molar-refractivity contribution in [2.75, 3.05) is 14.1 Å². The molecule has 5 heteroatoms. The van der Waals surface area contributed by atoms with Crippen molar-refractivity contribution in [3.05, 3.63) is 36.0 Å². The van der Waals surface area contributed by atoms with E-state index in [2.05, 4.69) is 10.3 Å². The number of aromatic nitrogens is 1. The zero-order valence-electron chi connectivity index (χ0n) is 13.6. The number of fused-ring (bicyclic) bond motifs is 1. The number of likely N-dealkylation sites (N-methyl/N-ethyl adjacent to an activating group) is 2. The van der Waals surface area contributed by atoms with Crippen molar-refractivity contribution in [1.29, 1.82) is 0 Å². The maximum absolute atomic E-state index is 12.4. The van der Waals surface area contributed by atoms with E-state index >= 15 is 0 Å². The lowest BCUT2D eigenvalue weighted by atomic mass is 10.0. The second kappa shape index (κ2) is 6.22. The molecule has 2 amide bonds. The Morgan fingerprint density at radius 3 is 2.64 bits per heavy atom. The van der Waals surface area contributed by atoms with Gasteiger partial charge in [0.1, 0.15) is 5.54 Å². The van der Waals surface area contributed by atoms with Gasteiger partial charge in [0, 0.05) is 37.6 Å². The molecule has 5 nitrogen and oxygen atoms in total. The Kier molecular flexibility index (Phi) is 4.54. The highest BCUT2D eigenvalue weighted by atomic mass is 16.2. The third kappa shape index (κ3) is 2.98. The van der Waals surface area contributed by atoms with Gasteiger partial charge < -0.3 is 15.2 Å². The molecule has 0 bridgehead atoms. The first-order valence-electron chi connectivity index (χ1n) is 7.41. The number of carbonyl (C=O) groups is 2. The lowest BCUT2D eigenvalue weighted by Gasteiger charge is -2.33.